The molecule has 1 heterocycles. The molecule has 0 spiro atoms. The standard InChI is InChI=1S/C12H21N3O/c1-3-4-5-6-7-8-16-12-10(2)11(13)14-9-15-12/h9H,3-8H2,1-2H3,(H2,13,14,15). The molecule has 0 aliphatic heterocycles. The number of hydrogen-bond donors (Lipinski definition) is 1. The van der Waals surface area contributed by atoms with Gasteiger partial charge in [0.2, 0.25) is 5.88 Å². The van der Waals surface area contributed by atoms with Crippen molar-refractivity contribution >= 4 is 5.82 Å². The SMILES string of the molecule is CCCCCCCOc1ncnc(N)c1C. The Labute approximate surface area is 97.2 Å². The van der Waals surface area contributed by atoms with E-state index in [1.54, 1.807) is 0 Å². The van der Waals surface area contributed by atoms with Gasteiger partial charge in [0.15, 0.2) is 0 Å². The molecule has 0 fully saturated rings. The fourth-order valence-electron chi connectivity index (χ4n) is 1.47. The van der Waals surface area contributed by atoms with Crippen LogP contribution in [0.15, 0.2) is 6.33 Å². The minimum absolute atomic E-state index is 0.496. The first-order valence-electron chi connectivity index (χ1n) is 5.95. The maximum absolute atomic E-state index is 5.66. The fraction of sp³-hybridized carbons (Fsp3) is 0.667. The molecule has 0 unspecified atom stereocenters. The van der Waals surface area contributed by atoms with Crippen LogP contribution in [0, 0.1) is 6.92 Å². The van der Waals surface area contributed by atoms with E-state index in [2.05, 4.69) is 16.9 Å². The summed E-state index contributed by atoms with van der Waals surface area (Å²) in [7, 11) is 0. The number of nitrogens with zero attached hydrogens (tertiary/aromatic N) is 2. The van der Waals surface area contributed by atoms with Crippen molar-refractivity contribution in [2.24, 2.45) is 0 Å². The molecule has 90 valence electrons. The summed E-state index contributed by atoms with van der Waals surface area (Å²) >= 11 is 0. The Morgan fingerprint density at radius 1 is 1.19 bits per heavy atom. The molecule has 1 rings (SSSR count). The van der Waals surface area contributed by atoms with E-state index >= 15 is 0 Å². The highest BCUT2D eigenvalue weighted by atomic mass is 16.5. The third-order valence-corrected chi connectivity index (χ3v) is 2.56. The lowest BCUT2D eigenvalue weighted by molar-refractivity contribution is 0.291. The molecule has 0 amide bonds. The smallest absolute Gasteiger partial charge is 0.221 e. The van der Waals surface area contributed by atoms with Gasteiger partial charge in [0.1, 0.15) is 12.1 Å². The van der Waals surface area contributed by atoms with Crippen molar-refractivity contribution in [3.05, 3.63) is 11.9 Å². The molecule has 0 bridgehead atoms. The molecule has 1 aromatic rings. The van der Waals surface area contributed by atoms with E-state index in [4.69, 9.17) is 10.5 Å². The second-order valence-electron chi connectivity index (χ2n) is 3.95. The summed E-state index contributed by atoms with van der Waals surface area (Å²) in [6, 6.07) is 0. The predicted molar refractivity (Wildman–Crippen MR) is 65.4 cm³/mol. The van der Waals surface area contributed by atoms with E-state index in [0.29, 0.717) is 18.3 Å². The van der Waals surface area contributed by atoms with Gasteiger partial charge in [-0.1, -0.05) is 32.6 Å². The van der Waals surface area contributed by atoms with Gasteiger partial charge in [-0.25, -0.2) is 9.97 Å². The lowest BCUT2D eigenvalue weighted by atomic mass is 10.2. The molecule has 1 aromatic heterocycles. The van der Waals surface area contributed by atoms with Gasteiger partial charge in [-0.2, -0.15) is 0 Å². The Bertz CT molecular complexity index is 315. The highest BCUT2D eigenvalue weighted by molar-refractivity contribution is 5.42. The summed E-state index contributed by atoms with van der Waals surface area (Å²) in [4.78, 5) is 7.95. The molecule has 4 heteroatoms. The fourth-order valence-corrected chi connectivity index (χ4v) is 1.47. The van der Waals surface area contributed by atoms with E-state index in [9.17, 15) is 0 Å². The number of unbranched alkanes of at least 4 members (excludes halogenated alkanes) is 4. The molecule has 2 N–H and O–H groups in total. The minimum atomic E-state index is 0.496. The van der Waals surface area contributed by atoms with Crippen LogP contribution in [0.1, 0.15) is 44.6 Å². The van der Waals surface area contributed by atoms with Crippen molar-refractivity contribution in [2.75, 3.05) is 12.3 Å². The maximum atomic E-state index is 5.66. The molecule has 0 aliphatic carbocycles. The Morgan fingerprint density at radius 2 is 1.94 bits per heavy atom. The average molecular weight is 223 g/mol. The van der Waals surface area contributed by atoms with Crippen LogP contribution in [0.5, 0.6) is 5.88 Å². The summed E-state index contributed by atoms with van der Waals surface area (Å²) in [5.74, 6) is 1.11. The van der Waals surface area contributed by atoms with Crippen LogP contribution in [0.4, 0.5) is 5.82 Å². The molecular formula is C12H21N3O. The zero-order valence-corrected chi connectivity index (χ0v) is 10.2. The Morgan fingerprint density at radius 3 is 2.69 bits per heavy atom. The van der Waals surface area contributed by atoms with Gasteiger partial charge in [-0.05, 0) is 13.3 Å². The van der Waals surface area contributed by atoms with Crippen molar-refractivity contribution in [1.82, 2.24) is 9.97 Å². The number of nitrogens with two attached hydrogens (primary N) is 1. The molecule has 16 heavy (non-hydrogen) atoms. The van der Waals surface area contributed by atoms with Crippen LogP contribution < -0.4 is 10.5 Å². The van der Waals surface area contributed by atoms with Crippen LogP contribution >= 0.6 is 0 Å². The van der Waals surface area contributed by atoms with E-state index in [1.807, 2.05) is 6.92 Å². The van der Waals surface area contributed by atoms with Crippen molar-refractivity contribution in [3.8, 4) is 5.88 Å². The van der Waals surface area contributed by atoms with Crippen LogP contribution in [0.25, 0.3) is 0 Å². The quantitative estimate of drug-likeness (QED) is 0.722. The largest absolute Gasteiger partial charge is 0.477 e. The topological polar surface area (TPSA) is 61.0 Å². The maximum Gasteiger partial charge on any atom is 0.221 e. The van der Waals surface area contributed by atoms with Gasteiger partial charge in [-0.3, -0.25) is 0 Å². The van der Waals surface area contributed by atoms with Crippen LogP contribution in [-0.2, 0) is 0 Å². The van der Waals surface area contributed by atoms with Crippen molar-refractivity contribution < 1.29 is 4.74 Å². The first kappa shape index (κ1) is 12.7. The zero-order chi connectivity index (χ0) is 11.8. The number of aromatic nitrogens is 2. The number of nitrogen functional groups attached to an aromatic ring is 1. The zero-order valence-electron chi connectivity index (χ0n) is 10.2. The van der Waals surface area contributed by atoms with Crippen molar-refractivity contribution in [2.45, 2.75) is 46.0 Å². The number of hydrogen-bond acceptors (Lipinski definition) is 4. The number of anilines is 1. The lowest BCUT2D eigenvalue weighted by Crippen LogP contribution is -2.04. The molecule has 0 aromatic carbocycles. The molecular weight excluding hydrogens is 202 g/mol. The van der Waals surface area contributed by atoms with E-state index in [-0.39, 0.29) is 0 Å². The second kappa shape index (κ2) is 7.04. The molecule has 0 saturated carbocycles. The van der Waals surface area contributed by atoms with Crippen LogP contribution in [0.2, 0.25) is 0 Å². The van der Waals surface area contributed by atoms with E-state index in [1.165, 1.54) is 32.0 Å². The van der Waals surface area contributed by atoms with E-state index in [0.717, 1.165) is 12.0 Å². The van der Waals surface area contributed by atoms with E-state index < -0.39 is 0 Å². The van der Waals surface area contributed by atoms with Gasteiger partial charge in [0, 0.05) is 0 Å². The van der Waals surface area contributed by atoms with Crippen LogP contribution in [0.3, 0.4) is 0 Å². The third kappa shape index (κ3) is 4.04. The molecule has 4 nitrogen and oxygen atoms in total. The summed E-state index contributed by atoms with van der Waals surface area (Å²) < 4.78 is 5.57. The summed E-state index contributed by atoms with van der Waals surface area (Å²) in [5, 5.41) is 0. The van der Waals surface area contributed by atoms with Gasteiger partial charge in [-0.15, -0.1) is 0 Å². The highest BCUT2D eigenvalue weighted by Gasteiger charge is 2.04. The Kier molecular flexibility index (Phi) is 5.61. The normalized spacial score (nSPS) is 10.4. The van der Waals surface area contributed by atoms with Crippen molar-refractivity contribution in [3.63, 3.8) is 0 Å². The predicted octanol–water partition coefficient (Wildman–Crippen LogP) is 2.72. The summed E-state index contributed by atoms with van der Waals surface area (Å²) in [6.07, 6.45) is 7.58. The number of rotatable bonds is 7. The highest BCUT2D eigenvalue weighted by Crippen LogP contribution is 2.17. The van der Waals surface area contributed by atoms with Crippen molar-refractivity contribution in [1.29, 1.82) is 0 Å². The number of ether oxygens (including phenoxy) is 1. The minimum Gasteiger partial charge on any atom is -0.477 e. The molecule has 0 atom stereocenters. The molecule has 0 radical (unpaired) electrons. The first-order valence-corrected chi connectivity index (χ1v) is 5.95. The molecule has 0 aliphatic rings. The Hall–Kier alpha value is -1.32. The average Bonchev–Trinajstić information content (AvgIpc) is 2.29. The monoisotopic (exact) mass is 223 g/mol. The Balaban J connectivity index is 2.24. The first-order chi connectivity index (χ1) is 7.75. The summed E-state index contributed by atoms with van der Waals surface area (Å²) in [5.41, 5.74) is 6.49. The molecule has 0 saturated heterocycles. The van der Waals surface area contributed by atoms with Gasteiger partial charge in [0.05, 0.1) is 12.2 Å². The third-order valence-electron chi connectivity index (χ3n) is 2.56. The van der Waals surface area contributed by atoms with Crippen LogP contribution in [-0.4, -0.2) is 16.6 Å². The van der Waals surface area contributed by atoms with Gasteiger partial charge >= 0.3 is 0 Å². The lowest BCUT2D eigenvalue weighted by Gasteiger charge is -2.08. The van der Waals surface area contributed by atoms with Gasteiger partial charge < -0.3 is 10.5 Å². The summed E-state index contributed by atoms with van der Waals surface area (Å²) in [6.45, 7) is 4.80. The second-order valence-corrected chi connectivity index (χ2v) is 3.95. The van der Waals surface area contributed by atoms with Gasteiger partial charge in [0.25, 0.3) is 0 Å².